The zero-order chi connectivity index (χ0) is 20.3. The smallest absolute Gasteiger partial charge is 0.191 e. The molecule has 162 valence electrons. The van der Waals surface area contributed by atoms with E-state index in [4.69, 9.17) is 9.47 Å². The second-order valence-electron chi connectivity index (χ2n) is 8.29. The third-order valence-corrected chi connectivity index (χ3v) is 5.91. The average Bonchev–Trinajstić information content (AvgIpc) is 3.26. The summed E-state index contributed by atoms with van der Waals surface area (Å²) >= 11 is 0. The maximum absolute atomic E-state index is 5.81. The van der Waals surface area contributed by atoms with Crippen LogP contribution in [-0.2, 0) is 22.6 Å². The van der Waals surface area contributed by atoms with Crippen LogP contribution < -0.4 is 10.6 Å². The van der Waals surface area contributed by atoms with E-state index < -0.39 is 0 Å². The van der Waals surface area contributed by atoms with Gasteiger partial charge in [-0.25, -0.2) is 0 Å². The number of nitrogens with zero attached hydrogens (tertiary/aromatic N) is 2. The Morgan fingerprint density at radius 1 is 1.17 bits per heavy atom. The molecule has 6 nitrogen and oxygen atoms in total. The highest BCUT2D eigenvalue weighted by atomic mass is 16.5. The van der Waals surface area contributed by atoms with Crippen molar-refractivity contribution in [3.63, 3.8) is 0 Å². The summed E-state index contributed by atoms with van der Waals surface area (Å²) in [6, 6.07) is 8.75. The van der Waals surface area contributed by atoms with Crippen LogP contribution in [0.25, 0.3) is 0 Å². The lowest BCUT2D eigenvalue weighted by Gasteiger charge is -2.30. The van der Waals surface area contributed by atoms with Crippen molar-refractivity contribution in [1.82, 2.24) is 15.5 Å². The van der Waals surface area contributed by atoms with Crippen molar-refractivity contribution in [1.29, 1.82) is 0 Å². The van der Waals surface area contributed by atoms with Crippen LogP contribution in [-0.4, -0.2) is 63.5 Å². The Balaban J connectivity index is 1.38. The first-order valence-corrected chi connectivity index (χ1v) is 11.2. The van der Waals surface area contributed by atoms with Gasteiger partial charge in [-0.15, -0.1) is 0 Å². The number of likely N-dealkylation sites (tertiary alicyclic amines) is 1. The molecule has 1 aromatic carbocycles. The number of benzene rings is 1. The Labute approximate surface area is 176 Å². The van der Waals surface area contributed by atoms with Crippen LogP contribution in [0.1, 0.15) is 43.7 Å². The van der Waals surface area contributed by atoms with E-state index in [0.29, 0.717) is 0 Å². The highest BCUT2D eigenvalue weighted by Gasteiger charge is 2.17. The molecule has 0 bridgehead atoms. The number of ether oxygens (including phenoxy) is 2. The number of aliphatic imine (C=N–C) groups is 1. The van der Waals surface area contributed by atoms with E-state index in [1.54, 1.807) is 0 Å². The first kappa shape index (κ1) is 22.1. The normalized spacial score (nSPS) is 21.4. The van der Waals surface area contributed by atoms with E-state index >= 15 is 0 Å². The molecule has 1 atom stereocenters. The standard InChI is InChI=1S/C23H38N4O2/c1-19-8-12-27(13-9-19)17-21-7-4-3-6-20(21)16-26-23(24-2)25-11-5-14-29-22-10-15-28-18-22/h3-4,6-7,19,22H,5,8-18H2,1-2H3,(H2,24,25,26). The second kappa shape index (κ2) is 12.2. The Morgan fingerprint density at radius 3 is 2.69 bits per heavy atom. The van der Waals surface area contributed by atoms with Gasteiger partial charge in [-0.3, -0.25) is 9.89 Å². The molecule has 0 aliphatic carbocycles. The fourth-order valence-corrected chi connectivity index (χ4v) is 3.92. The number of guanidine groups is 1. The molecule has 2 saturated heterocycles. The molecule has 0 saturated carbocycles. The van der Waals surface area contributed by atoms with Crippen molar-refractivity contribution in [3.8, 4) is 0 Å². The molecule has 0 radical (unpaired) electrons. The van der Waals surface area contributed by atoms with Crippen LogP contribution in [0.15, 0.2) is 29.3 Å². The van der Waals surface area contributed by atoms with Gasteiger partial charge in [0.2, 0.25) is 0 Å². The fourth-order valence-electron chi connectivity index (χ4n) is 3.92. The van der Waals surface area contributed by atoms with Crippen molar-refractivity contribution in [2.24, 2.45) is 10.9 Å². The van der Waals surface area contributed by atoms with E-state index in [0.717, 1.165) is 64.2 Å². The van der Waals surface area contributed by atoms with Gasteiger partial charge < -0.3 is 20.1 Å². The molecule has 2 fully saturated rings. The SMILES string of the molecule is CN=C(NCCCOC1CCOC1)NCc1ccccc1CN1CCC(C)CC1. The van der Waals surface area contributed by atoms with Crippen molar-refractivity contribution < 1.29 is 9.47 Å². The van der Waals surface area contributed by atoms with Gasteiger partial charge in [-0.2, -0.15) is 0 Å². The Bertz CT molecular complexity index is 623. The van der Waals surface area contributed by atoms with Crippen LogP contribution >= 0.6 is 0 Å². The van der Waals surface area contributed by atoms with Gasteiger partial charge in [-0.05, 0) is 55.8 Å². The number of piperidine rings is 1. The van der Waals surface area contributed by atoms with Crippen LogP contribution in [0.5, 0.6) is 0 Å². The minimum Gasteiger partial charge on any atom is -0.379 e. The average molecular weight is 403 g/mol. The summed E-state index contributed by atoms with van der Waals surface area (Å²) in [4.78, 5) is 6.94. The lowest BCUT2D eigenvalue weighted by molar-refractivity contribution is 0.0420. The minimum atomic E-state index is 0.284. The number of rotatable bonds is 9. The maximum atomic E-state index is 5.81. The van der Waals surface area contributed by atoms with Crippen molar-refractivity contribution in [3.05, 3.63) is 35.4 Å². The van der Waals surface area contributed by atoms with Crippen LogP contribution in [0.4, 0.5) is 0 Å². The molecule has 6 heteroatoms. The van der Waals surface area contributed by atoms with Gasteiger partial charge in [-0.1, -0.05) is 31.2 Å². The van der Waals surface area contributed by atoms with Crippen molar-refractivity contribution in [2.75, 3.05) is 46.5 Å². The molecular formula is C23H38N4O2. The van der Waals surface area contributed by atoms with Gasteiger partial charge in [0.05, 0.1) is 12.7 Å². The molecule has 0 aromatic heterocycles. The monoisotopic (exact) mass is 402 g/mol. The first-order valence-electron chi connectivity index (χ1n) is 11.2. The topological polar surface area (TPSA) is 58.1 Å². The van der Waals surface area contributed by atoms with Crippen LogP contribution in [0, 0.1) is 5.92 Å². The molecular weight excluding hydrogens is 364 g/mol. The summed E-state index contributed by atoms with van der Waals surface area (Å²) in [5, 5.41) is 6.85. The highest BCUT2D eigenvalue weighted by Crippen LogP contribution is 2.19. The van der Waals surface area contributed by atoms with Crippen LogP contribution in [0.3, 0.4) is 0 Å². The lowest BCUT2D eigenvalue weighted by Crippen LogP contribution is -2.38. The Kier molecular flexibility index (Phi) is 9.25. The predicted molar refractivity (Wildman–Crippen MR) is 118 cm³/mol. The molecule has 3 rings (SSSR count). The largest absolute Gasteiger partial charge is 0.379 e. The van der Waals surface area contributed by atoms with E-state index in [1.165, 1.54) is 37.1 Å². The molecule has 2 aliphatic rings. The summed E-state index contributed by atoms with van der Waals surface area (Å²) < 4.78 is 11.1. The molecule has 1 unspecified atom stereocenters. The third kappa shape index (κ3) is 7.61. The van der Waals surface area contributed by atoms with Crippen molar-refractivity contribution in [2.45, 2.75) is 51.8 Å². The van der Waals surface area contributed by atoms with Gasteiger partial charge >= 0.3 is 0 Å². The van der Waals surface area contributed by atoms with Crippen molar-refractivity contribution >= 4 is 5.96 Å². The zero-order valence-corrected chi connectivity index (χ0v) is 18.2. The number of hydrogen-bond donors (Lipinski definition) is 2. The molecule has 2 aliphatic heterocycles. The van der Waals surface area contributed by atoms with Gasteiger partial charge in [0.25, 0.3) is 0 Å². The molecule has 1 aromatic rings. The summed E-state index contributed by atoms with van der Waals surface area (Å²) in [5.74, 6) is 1.71. The fraction of sp³-hybridized carbons (Fsp3) is 0.696. The predicted octanol–water partition coefficient (Wildman–Crippen LogP) is 2.78. The molecule has 29 heavy (non-hydrogen) atoms. The Hall–Kier alpha value is -1.63. The quantitative estimate of drug-likeness (QED) is 0.378. The Morgan fingerprint density at radius 2 is 1.97 bits per heavy atom. The zero-order valence-electron chi connectivity index (χ0n) is 18.2. The van der Waals surface area contributed by atoms with Gasteiger partial charge in [0.15, 0.2) is 5.96 Å². The molecule has 0 spiro atoms. The summed E-state index contributed by atoms with van der Waals surface area (Å²) in [6.07, 6.45) is 4.89. The minimum absolute atomic E-state index is 0.284. The third-order valence-electron chi connectivity index (χ3n) is 5.91. The number of nitrogens with one attached hydrogen (secondary N) is 2. The molecule has 2 heterocycles. The van der Waals surface area contributed by atoms with E-state index in [-0.39, 0.29) is 6.10 Å². The van der Waals surface area contributed by atoms with Gasteiger partial charge in [0.1, 0.15) is 0 Å². The second-order valence-corrected chi connectivity index (χ2v) is 8.29. The molecule has 0 amide bonds. The summed E-state index contributed by atoms with van der Waals surface area (Å²) in [5.41, 5.74) is 2.76. The van der Waals surface area contributed by atoms with Crippen LogP contribution in [0.2, 0.25) is 0 Å². The maximum Gasteiger partial charge on any atom is 0.191 e. The van der Waals surface area contributed by atoms with E-state index in [1.807, 2.05) is 7.05 Å². The molecule has 2 N–H and O–H groups in total. The lowest BCUT2D eigenvalue weighted by atomic mass is 9.98. The number of hydrogen-bond acceptors (Lipinski definition) is 4. The van der Waals surface area contributed by atoms with E-state index in [9.17, 15) is 0 Å². The highest BCUT2D eigenvalue weighted by molar-refractivity contribution is 5.79. The van der Waals surface area contributed by atoms with Gasteiger partial charge in [0, 0.05) is 39.9 Å². The van der Waals surface area contributed by atoms with E-state index in [2.05, 4.69) is 51.7 Å². The summed E-state index contributed by atoms with van der Waals surface area (Å²) in [6.45, 7) is 9.79. The summed E-state index contributed by atoms with van der Waals surface area (Å²) in [7, 11) is 1.82. The first-order chi connectivity index (χ1) is 14.2.